The van der Waals surface area contributed by atoms with Crippen LogP contribution in [0.15, 0.2) is 66.0 Å². The van der Waals surface area contributed by atoms with E-state index in [0.717, 1.165) is 10.6 Å². The lowest BCUT2D eigenvalue weighted by Crippen LogP contribution is -2.16. The van der Waals surface area contributed by atoms with Crippen molar-refractivity contribution >= 4 is 17.3 Å². The van der Waals surface area contributed by atoms with Crippen LogP contribution in [0.3, 0.4) is 0 Å². The SMILES string of the molecule is O=C(Oc1ccc2c(c1)OCCO2)c1nc(-c2cccs2)n(-c2ccccc2)n1. The van der Waals surface area contributed by atoms with Crippen molar-refractivity contribution in [3.05, 3.63) is 71.9 Å². The number of para-hydroxylation sites is 1. The highest BCUT2D eigenvalue weighted by Crippen LogP contribution is 2.34. The number of esters is 1. The molecular formula is C21H15N3O4S. The van der Waals surface area contributed by atoms with Gasteiger partial charge in [-0.15, -0.1) is 16.4 Å². The Balaban J connectivity index is 1.47. The quantitative estimate of drug-likeness (QED) is 0.378. The molecule has 7 nitrogen and oxygen atoms in total. The molecule has 3 heterocycles. The fourth-order valence-electron chi connectivity index (χ4n) is 2.95. The molecule has 0 saturated carbocycles. The van der Waals surface area contributed by atoms with Gasteiger partial charge in [0.15, 0.2) is 17.3 Å². The van der Waals surface area contributed by atoms with Crippen molar-refractivity contribution in [2.24, 2.45) is 0 Å². The van der Waals surface area contributed by atoms with Crippen molar-refractivity contribution in [1.82, 2.24) is 14.8 Å². The third kappa shape index (κ3) is 3.45. The highest BCUT2D eigenvalue weighted by molar-refractivity contribution is 7.13. The van der Waals surface area contributed by atoms with Crippen LogP contribution in [0.1, 0.15) is 10.6 Å². The molecule has 2 aromatic heterocycles. The van der Waals surface area contributed by atoms with Crippen LogP contribution >= 0.6 is 11.3 Å². The molecule has 144 valence electrons. The zero-order chi connectivity index (χ0) is 19.6. The molecule has 0 spiro atoms. The second-order valence-electron chi connectivity index (χ2n) is 6.18. The van der Waals surface area contributed by atoms with Crippen molar-refractivity contribution < 1.29 is 19.0 Å². The van der Waals surface area contributed by atoms with Crippen molar-refractivity contribution in [2.45, 2.75) is 0 Å². The predicted octanol–water partition coefficient (Wildman–Crippen LogP) is 3.99. The number of benzene rings is 2. The first-order chi connectivity index (χ1) is 14.3. The van der Waals surface area contributed by atoms with E-state index in [2.05, 4.69) is 10.1 Å². The number of ether oxygens (including phenoxy) is 3. The summed E-state index contributed by atoms with van der Waals surface area (Å²) < 4.78 is 18.1. The van der Waals surface area contributed by atoms with Gasteiger partial charge in [-0.2, -0.15) is 4.98 Å². The minimum Gasteiger partial charge on any atom is -0.486 e. The third-order valence-electron chi connectivity index (χ3n) is 4.26. The summed E-state index contributed by atoms with van der Waals surface area (Å²) in [5, 5.41) is 6.35. The molecule has 5 rings (SSSR count). The first-order valence-electron chi connectivity index (χ1n) is 8.96. The van der Waals surface area contributed by atoms with Crippen molar-refractivity contribution in [3.8, 4) is 33.6 Å². The van der Waals surface area contributed by atoms with Gasteiger partial charge in [0.25, 0.3) is 5.82 Å². The van der Waals surface area contributed by atoms with E-state index in [1.807, 2.05) is 47.8 Å². The van der Waals surface area contributed by atoms with E-state index >= 15 is 0 Å². The van der Waals surface area contributed by atoms with Gasteiger partial charge in [0.05, 0.1) is 10.6 Å². The van der Waals surface area contributed by atoms with Crippen LogP contribution < -0.4 is 14.2 Å². The molecule has 0 bridgehead atoms. The normalized spacial score (nSPS) is 12.6. The second-order valence-corrected chi connectivity index (χ2v) is 7.13. The molecule has 0 N–H and O–H groups in total. The predicted molar refractivity (Wildman–Crippen MR) is 107 cm³/mol. The number of carbonyl (C=O) groups is 1. The highest BCUT2D eigenvalue weighted by Gasteiger charge is 2.22. The molecule has 1 aliphatic rings. The fourth-order valence-corrected chi connectivity index (χ4v) is 3.65. The van der Waals surface area contributed by atoms with Crippen LogP contribution in [0.5, 0.6) is 17.2 Å². The molecular weight excluding hydrogens is 390 g/mol. The Labute approximate surface area is 170 Å². The van der Waals surface area contributed by atoms with Gasteiger partial charge in [0.1, 0.15) is 19.0 Å². The average molecular weight is 405 g/mol. The van der Waals surface area contributed by atoms with E-state index in [9.17, 15) is 4.79 Å². The summed E-state index contributed by atoms with van der Waals surface area (Å²) in [7, 11) is 0. The van der Waals surface area contributed by atoms with Gasteiger partial charge in [-0.05, 0) is 35.7 Å². The zero-order valence-corrected chi connectivity index (χ0v) is 16.0. The van der Waals surface area contributed by atoms with E-state index in [1.165, 1.54) is 11.3 Å². The summed E-state index contributed by atoms with van der Waals surface area (Å²) in [6.45, 7) is 0.954. The molecule has 0 amide bonds. The fraction of sp³-hybridized carbons (Fsp3) is 0.0952. The van der Waals surface area contributed by atoms with Crippen molar-refractivity contribution in [2.75, 3.05) is 13.2 Å². The van der Waals surface area contributed by atoms with Gasteiger partial charge in [0.2, 0.25) is 0 Å². The minimum atomic E-state index is -0.644. The maximum atomic E-state index is 12.7. The number of hydrogen-bond donors (Lipinski definition) is 0. The van der Waals surface area contributed by atoms with E-state index in [1.54, 1.807) is 22.9 Å². The number of rotatable bonds is 4. The smallest absolute Gasteiger partial charge is 0.383 e. The first-order valence-corrected chi connectivity index (χ1v) is 9.84. The molecule has 0 atom stereocenters. The molecule has 29 heavy (non-hydrogen) atoms. The topological polar surface area (TPSA) is 75.5 Å². The molecule has 0 radical (unpaired) electrons. The summed E-state index contributed by atoms with van der Waals surface area (Å²) in [6.07, 6.45) is 0. The number of carbonyl (C=O) groups excluding carboxylic acids is 1. The molecule has 4 aromatic rings. The maximum absolute atomic E-state index is 12.7. The third-order valence-corrected chi connectivity index (χ3v) is 5.12. The van der Waals surface area contributed by atoms with Gasteiger partial charge in [-0.1, -0.05) is 24.3 Å². The van der Waals surface area contributed by atoms with Crippen LogP contribution in [-0.2, 0) is 0 Å². The van der Waals surface area contributed by atoms with Crippen LogP contribution in [0, 0.1) is 0 Å². The lowest BCUT2D eigenvalue weighted by Gasteiger charge is -2.18. The Morgan fingerprint density at radius 1 is 1.00 bits per heavy atom. The van der Waals surface area contributed by atoms with Gasteiger partial charge in [-0.25, -0.2) is 9.48 Å². The maximum Gasteiger partial charge on any atom is 0.383 e. The van der Waals surface area contributed by atoms with Gasteiger partial charge < -0.3 is 14.2 Å². The van der Waals surface area contributed by atoms with E-state index in [0.29, 0.717) is 36.3 Å². The minimum absolute atomic E-state index is 0.0212. The molecule has 0 aliphatic carbocycles. The van der Waals surface area contributed by atoms with Gasteiger partial charge in [-0.3, -0.25) is 0 Å². The number of hydrogen-bond acceptors (Lipinski definition) is 7. The van der Waals surface area contributed by atoms with Crippen molar-refractivity contribution in [1.29, 1.82) is 0 Å². The van der Waals surface area contributed by atoms with Gasteiger partial charge in [0, 0.05) is 6.07 Å². The first kappa shape index (κ1) is 17.4. The molecule has 1 aliphatic heterocycles. The molecule has 2 aromatic carbocycles. The summed E-state index contributed by atoms with van der Waals surface area (Å²) in [6, 6.07) is 18.4. The highest BCUT2D eigenvalue weighted by atomic mass is 32.1. The molecule has 0 saturated heterocycles. The molecule has 8 heteroatoms. The Hall–Kier alpha value is -3.65. The lowest BCUT2D eigenvalue weighted by molar-refractivity contribution is 0.0720. The summed E-state index contributed by atoms with van der Waals surface area (Å²) in [5.74, 6) is 1.43. The number of fused-ring (bicyclic) bond motifs is 1. The Kier molecular flexibility index (Phi) is 4.45. The van der Waals surface area contributed by atoms with Gasteiger partial charge >= 0.3 is 5.97 Å². The number of thiophene rings is 1. The second kappa shape index (κ2) is 7.40. The summed E-state index contributed by atoms with van der Waals surface area (Å²) in [5.41, 5.74) is 0.807. The Morgan fingerprint density at radius 2 is 1.83 bits per heavy atom. The Bertz CT molecular complexity index is 1160. The van der Waals surface area contributed by atoms with Crippen LogP contribution in [0.4, 0.5) is 0 Å². The average Bonchev–Trinajstić information content (AvgIpc) is 3.44. The summed E-state index contributed by atoms with van der Waals surface area (Å²) >= 11 is 1.52. The van der Waals surface area contributed by atoms with E-state index < -0.39 is 5.97 Å². The molecule has 0 unspecified atom stereocenters. The standard InChI is InChI=1S/C21H15N3O4S/c25-21(28-15-8-9-16-17(13-15)27-11-10-26-16)19-22-20(18-7-4-12-29-18)24(23-19)14-5-2-1-3-6-14/h1-9,12-13H,10-11H2. The lowest BCUT2D eigenvalue weighted by atomic mass is 10.3. The number of aromatic nitrogens is 3. The summed E-state index contributed by atoms with van der Waals surface area (Å²) in [4.78, 5) is 18.1. The van der Waals surface area contributed by atoms with E-state index in [4.69, 9.17) is 14.2 Å². The largest absolute Gasteiger partial charge is 0.486 e. The zero-order valence-electron chi connectivity index (χ0n) is 15.1. The molecule has 0 fully saturated rings. The van der Waals surface area contributed by atoms with E-state index in [-0.39, 0.29) is 5.82 Å². The monoisotopic (exact) mass is 405 g/mol. The van der Waals surface area contributed by atoms with Crippen LogP contribution in [-0.4, -0.2) is 33.9 Å². The van der Waals surface area contributed by atoms with Crippen LogP contribution in [0.25, 0.3) is 16.4 Å². The van der Waals surface area contributed by atoms with Crippen LogP contribution in [0.2, 0.25) is 0 Å². The van der Waals surface area contributed by atoms with Crippen molar-refractivity contribution in [3.63, 3.8) is 0 Å². The number of nitrogens with zero attached hydrogens (tertiary/aromatic N) is 3. The Morgan fingerprint density at radius 3 is 2.62 bits per heavy atom.